The molecule has 41 heavy (non-hydrogen) atoms. The zero-order valence-electron chi connectivity index (χ0n) is 22.1. The molecular weight excluding hydrogens is 504 g/mol. The van der Waals surface area contributed by atoms with Gasteiger partial charge >= 0.3 is 0 Å². The molecule has 4 nitrogen and oxygen atoms in total. The van der Waals surface area contributed by atoms with Crippen LogP contribution in [0.1, 0.15) is 0 Å². The zero-order valence-corrected chi connectivity index (χ0v) is 22.1. The minimum Gasteiger partial charge on any atom is -0.456 e. The number of nitrogens with zero attached hydrogens (tertiary/aromatic N) is 2. The van der Waals surface area contributed by atoms with Crippen molar-refractivity contribution in [3.05, 3.63) is 146 Å². The molecule has 0 spiro atoms. The maximum absolute atomic E-state index is 6.22. The first-order chi connectivity index (χ1) is 20.3. The Bertz CT molecular complexity index is 2140. The molecule has 0 unspecified atom stereocenters. The molecule has 0 aliphatic carbocycles. The van der Waals surface area contributed by atoms with Gasteiger partial charge in [-0.3, -0.25) is 0 Å². The summed E-state index contributed by atoms with van der Waals surface area (Å²) in [7, 11) is 0. The van der Waals surface area contributed by atoms with E-state index in [2.05, 4.69) is 83.8 Å². The number of hydrogen-bond acceptors (Lipinski definition) is 4. The average Bonchev–Trinajstić information content (AvgIpc) is 3.64. The van der Waals surface area contributed by atoms with Crippen LogP contribution in [0.15, 0.2) is 154 Å². The van der Waals surface area contributed by atoms with E-state index in [1.807, 2.05) is 66.7 Å². The second kappa shape index (κ2) is 9.54. The molecule has 0 bridgehead atoms. The van der Waals surface area contributed by atoms with Crippen molar-refractivity contribution in [3.63, 3.8) is 0 Å². The lowest BCUT2D eigenvalue weighted by molar-refractivity contribution is 0.620. The predicted octanol–water partition coefficient (Wildman–Crippen LogP) is 10.5. The standard InChI is InChI=1S/C37H24N2O2/c1-3-10-26(11-4-1)37-38-36-30(15-9-17-34(36)41-37)25-18-20-28(21-19-25)39(27-12-5-2-6-13-27)29-22-23-32-31-14-7-8-16-33(31)40-35(32)24-29/h1-24H. The summed E-state index contributed by atoms with van der Waals surface area (Å²) < 4.78 is 12.3. The Kier molecular flexibility index (Phi) is 5.42. The average molecular weight is 529 g/mol. The Morgan fingerprint density at radius 2 is 1.10 bits per heavy atom. The van der Waals surface area contributed by atoms with Crippen molar-refractivity contribution in [2.24, 2.45) is 0 Å². The van der Waals surface area contributed by atoms with Gasteiger partial charge in [0.1, 0.15) is 16.7 Å². The smallest absolute Gasteiger partial charge is 0.227 e. The number of furan rings is 1. The van der Waals surface area contributed by atoms with Crippen molar-refractivity contribution in [1.82, 2.24) is 4.98 Å². The number of oxazole rings is 1. The largest absolute Gasteiger partial charge is 0.456 e. The van der Waals surface area contributed by atoms with Gasteiger partial charge in [-0.15, -0.1) is 0 Å². The van der Waals surface area contributed by atoms with Crippen LogP contribution in [0.3, 0.4) is 0 Å². The third-order valence-electron chi connectivity index (χ3n) is 7.51. The lowest BCUT2D eigenvalue weighted by atomic mass is 10.0. The summed E-state index contributed by atoms with van der Waals surface area (Å²) in [4.78, 5) is 7.12. The van der Waals surface area contributed by atoms with Crippen molar-refractivity contribution in [2.45, 2.75) is 0 Å². The summed E-state index contributed by atoms with van der Waals surface area (Å²) in [5.41, 5.74) is 9.62. The summed E-state index contributed by atoms with van der Waals surface area (Å²) in [6, 6.07) is 49.7. The first kappa shape index (κ1) is 23.3. The molecule has 0 saturated heterocycles. The van der Waals surface area contributed by atoms with Crippen LogP contribution in [0.4, 0.5) is 17.1 Å². The first-order valence-electron chi connectivity index (χ1n) is 13.6. The van der Waals surface area contributed by atoms with E-state index < -0.39 is 0 Å². The third-order valence-corrected chi connectivity index (χ3v) is 7.51. The summed E-state index contributed by atoms with van der Waals surface area (Å²) in [5, 5.41) is 2.24. The van der Waals surface area contributed by atoms with Gasteiger partial charge in [0, 0.05) is 45.0 Å². The van der Waals surface area contributed by atoms with Gasteiger partial charge in [0.15, 0.2) is 5.58 Å². The van der Waals surface area contributed by atoms with Gasteiger partial charge in [-0.2, -0.15) is 0 Å². The third kappa shape index (κ3) is 4.05. The Morgan fingerprint density at radius 1 is 0.439 bits per heavy atom. The Hall–Kier alpha value is -5.61. The summed E-state index contributed by atoms with van der Waals surface area (Å²) in [5.74, 6) is 0.626. The van der Waals surface area contributed by atoms with Gasteiger partial charge < -0.3 is 13.7 Å². The topological polar surface area (TPSA) is 42.4 Å². The molecule has 2 heterocycles. The quantitative estimate of drug-likeness (QED) is 0.223. The maximum Gasteiger partial charge on any atom is 0.227 e. The highest BCUT2D eigenvalue weighted by molar-refractivity contribution is 6.06. The fourth-order valence-corrected chi connectivity index (χ4v) is 5.55. The van der Waals surface area contributed by atoms with E-state index in [1.54, 1.807) is 0 Å². The number of benzene rings is 6. The molecule has 8 aromatic rings. The molecular formula is C37H24N2O2. The zero-order chi connectivity index (χ0) is 27.2. The summed E-state index contributed by atoms with van der Waals surface area (Å²) in [6.07, 6.45) is 0. The highest BCUT2D eigenvalue weighted by Gasteiger charge is 2.17. The minimum atomic E-state index is 0.626. The number of hydrogen-bond donors (Lipinski definition) is 0. The van der Waals surface area contributed by atoms with Gasteiger partial charge in [-0.25, -0.2) is 4.98 Å². The molecule has 8 rings (SSSR count). The van der Waals surface area contributed by atoms with E-state index in [1.165, 1.54) is 0 Å². The van der Waals surface area contributed by atoms with Gasteiger partial charge in [0.2, 0.25) is 5.89 Å². The van der Waals surface area contributed by atoms with Crippen LogP contribution in [0.2, 0.25) is 0 Å². The van der Waals surface area contributed by atoms with Gasteiger partial charge in [-0.05, 0) is 66.2 Å². The van der Waals surface area contributed by atoms with Gasteiger partial charge in [0.05, 0.1) is 0 Å². The van der Waals surface area contributed by atoms with E-state index in [0.717, 1.165) is 66.8 Å². The molecule has 0 N–H and O–H groups in total. The molecule has 0 aliphatic heterocycles. The van der Waals surface area contributed by atoms with E-state index in [4.69, 9.17) is 13.8 Å². The molecule has 194 valence electrons. The van der Waals surface area contributed by atoms with E-state index in [9.17, 15) is 0 Å². The Labute approximate surface area is 236 Å². The molecule has 0 aliphatic rings. The second-order valence-electron chi connectivity index (χ2n) is 10.0. The Morgan fingerprint density at radius 3 is 1.93 bits per heavy atom. The Balaban J connectivity index is 1.21. The molecule has 0 fully saturated rings. The summed E-state index contributed by atoms with van der Waals surface area (Å²) >= 11 is 0. The number of fused-ring (bicyclic) bond motifs is 4. The predicted molar refractivity (Wildman–Crippen MR) is 167 cm³/mol. The SMILES string of the molecule is c1ccc(-c2nc3c(-c4ccc(N(c5ccccc5)c5ccc6c(c5)oc5ccccc56)cc4)cccc3o2)cc1. The van der Waals surface area contributed by atoms with Crippen LogP contribution in [-0.2, 0) is 0 Å². The monoisotopic (exact) mass is 528 g/mol. The van der Waals surface area contributed by atoms with E-state index >= 15 is 0 Å². The minimum absolute atomic E-state index is 0.626. The molecule has 0 saturated carbocycles. The highest BCUT2D eigenvalue weighted by Crippen LogP contribution is 2.39. The van der Waals surface area contributed by atoms with Crippen LogP contribution < -0.4 is 4.90 Å². The first-order valence-corrected chi connectivity index (χ1v) is 13.6. The summed E-state index contributed by atoms with van der Waals surface area (Å²) in [6.45, 7) is 0. The molecule has 0 atom stereocenters. The van der Waals surface area contributed by atoms with Crippen LogP contribution in [0.25, 0.3) is 55.6 Å². The van der Waals surface area contributed by atoms with Crippen molar-refractivity contribution in [2.75, 3.05) is 4.90 Å². The van der Waals surface area contributed by atoms with Crippen LogP contribution >= 0.6 is 0 Å². The molecule has 2 aromatic heterocycles. The van der Waals surface area contributed by atoms with Crippen molar-refractivity contribution in [3.8, 4) is 22.6 Å². The molecule has 0 radical (unpaired) electrons. The number of anilines is 3. The fourth-order valence-electron chi connectivity index (χ4n) is 5.55. The highest BCUT2D eigenvalue weighted by atomic mass is 16.3. The van der Waals surface area contributed by atoms with E-state index in [0.29, 0.717) is 5.89 Å². The second-order valence-corrected chi connectivity index (χ2v) is 10.0. The van der Waals surface area contributed by atoms with Crippen molar-refractivity contribution in [1.29, 1.82) is 0 Å². The number of aromatic nitrogens is 1. The van der Waals surface area contributed by atoms with Crippen LogP contribution in [-0.4, -0.2) is 4.98 Å². The molecule has 4 heteroatoms. The van der Waals surface area contributed by atoms with Gasteiger partial charge in [-0.1, -0.05) is 78.9 Å². The van der Waals surface area contributed by atoms with E-state index in [-0.39, 0.29) is 0 Å². The normalized spacial score (nSPS) is 11.4. The number of para-hydroxylation sites is 3. The lowest BCUT2D eigenvalue weighted by Crippen LogP contribution is -2.09. The molecule has 0 amide bonds. The fraction of sp³-hybridized carbons (Fsp3) is 0. The van der Waals surface area contributed by atoms with Crippen LogP contribution in [0.5, 0.6) is 0 Å². The van der Waals surface area contributed by atoms with Crippen molar-refractivity contribution >= 4 is 50.1 Å². The van der Waals surface area contributed by atoms with Crippen molar-refractivity contribution < 1.29 is 8.83 Å². The molecule has 6 aromatic carbocycles. The van der Waals surface area contributed by atoms with Crippen LogP contribution in [0, 0.1) is 0 Å². The van der Waals surface area contributed by atoms with Gasteiger partial charge in [0.25, 0.3) is 0 Å². The number of rotatable bonds is 5. The maximum atomic E-state index is 6.22. The lowest BCUT2D eigenvalue weighted by Gasteiger charge is -2.25.